The summed E-state index contributed by atoms with van der Waals surface area (Å²) in [6.07, 6.45) is 0. The maximum Gasteiger partial charge on any atom is 0.265 e. The number of sulfonamides is 1. The Kier molecular flexibility index (Phi) is 6.24. The summed E-state index contributed by atoms with van der Waals surface area (Å²) in [7, 11) is -2.55. The molecule has 0 radical (unpaired) electrons. The highest BCUT2D eigenvalue weighted by atomic mass is 79.9. The molecule has 0 aliphatic heterocycles. The lowest BCUT2D eigenvalue weighted by Gasteiger charge is -2.14. The Balaban J connectivity index is 1.90. The van der Waals surface area contributed by atoms with E-state index < -0.39 is 10.0 Å². The number of anilines is 2. The van der Waals surface area contributed by atoms with Gasteiger partial charge in [-0.05, 0) is 61.5 Å². The molecule has 8 heteroatoms. The Hall–Kier alpha value is -2.84. The summed E-state index contributed by atoms with van der Waals surface area (Å²) in [5.74, 6) is -0.161. The molecule has 0 spiro atoms. The first kappa shape index (κ1) is 20.9. The zero-order valence-electron chi connectivity index (χ0n) is 15.8. The van der Waals surface area contributed by atoms with Crippen molar-refractivity contribution in [3.05, 3.63) is 82.3 Å². The number of aryl methyl sites for hydroxylation is 1. The number of amides is 1. The van der Waals surface area contributed by atoms with Crippen molar-refractivity contribution in [2.75, 3.05) is 17.1 Å². The molecule has 0 saturated heterocycles. The Morgan fingerprint density at radius 2 is 1.66 bits per heavy atom. The molecule has 0 aliphatic carbocycles. The van der Waals surface area contributed by atoms with E-state index in [1.54, 1.807) is 48.5 Å². The summed E-state index contributed by atoms with van der Waals surface area (Å²) < 4.78 is 34.4. The van der Waals surface area contributed by atoms with Gasteiger partial charge in [0.2, 0.25) is 0 Å². The third-order valence-corrected chi connectivity index (χ3v) is 6.02. The van der Waals surface area contributed by atoms with Gasteiger partial charge in [-0.2, -0.15) is 0 Å². The summed E-state index contributed by atoms with van der Waals surface area (Å²) in [5.41, 5.74) is 2.19. The fourth-order valence-corrected chi connectivity index (χ4v) is 4.20. The molecule has 0 heterocycles. The highest BCUT2D eigenvalue weighted by Gasteiger charge is 2.21. The Bertz CT molecular complexity index is 1150. The van der Waals surface area contributed by atoms with Crippen molar-refractivity contribution in [3.63, 3.8) is 0 Å². The van der Waals surface area contributed by atoms with Gasteiger partial charge in [-0.25, -0.2) is 8.42 Å². The zero-order valence-corrected chi connectivity index (χ0v) is 18.2. The van der Waals surface area contributed by atoms with Gasteiger partial charge in [-0.1, -0.05) is 33.6 Å². The van der Waals surface area contributed by atoms with Gasteiger partial charge in [-0.15, -0.1) is 0 Å². The maximum absolute atomic E-state index is 12.9. The van der Waals surface area contributed by atoms with E-state index in [4.69, 9.17) is 4.74 Å². The lowest BCUT2D eigenvalue weighted by Crippen LogP contribution is -2.16. The predicted molar refractivity (Wildman–Crippen MR) is 117 cm³/mol. The normalized spacial score (nSPS) is 11.0. The minimum absolute atomic E-state index is 0.0787. The van der Waals surface area contributed by atoms with Crippen LogP contribution < -0.4 is 14.8 Å². The van der Waals surface area contributed by atoms with Crippen molar-refractivity contribution in [3.8, 4) is 5.75 Å². The molecular formula is C21H19BrN2O4S. The number of halogens is 1. The second kappa shape index (κ2) is 8.67. The summed E-state index contributed by atoms with van der Waals surface area (Å²) in [6, 6.07) is 18.3. The summed E-state index contributed by atoms with van der Waals surface area (Å²) in [4.78, 5) is 12.4. The van der Waals surface area contributed by atoms with Crippen LogP contribution in [0, 0.1) is 6.92 Å². The van der Waals surface area contributed by atoms with Crippen molar-refractivity contribution in [2.45, 2.75) is 11.8 Å². The van der Waals surface area contributed by atoms with Crippen LogP contribution in [0.1, 0.15) is 15.9 Å². The van der Waals surface area contributed by atoms with Gasteiger partial charge in [-0.3, -0.25) is 9.52 Å². The largest absolute Gasteiger partial charge is 0.495 e. The standard InChI is InChI=1S/C21H19BrN2O4S/c1-14-4-3-5-15(12-14)21(25)23-18-10-11-19(28-2)20(13-18)29(26,27)24-17-8-6-16(22)7-9-17/h3-13,24H,1-2H3,(H,23,25). The smallest absolute Gasteiger partial charge is 0.265 e. The summed E-state index contributed by atoms with van der Waals surface area (Å²) in [6.45, 7) is 1.89. The first-order valence-electron chi connectivity index (χ1n) is 8.63. The van der Waals surface area contributed by atoms with Crippen molar-refractivity contribution in [1.29, 1.82) is 0 Å². The number of ether oxygens (including phenoxy) is 1. The van der Waals surface area contributed by atoms with E-state index in [1.807, 2.05) is 13.0 Å². The number of carbonyl (C=O) groups is 1. The van der Waals surface area contributed by atoms with E-state index in [-0.39, 0.29) is 16.6 Å². The van der Waals surface area contributed by atoms with E-state index in [0.717, 1.165) is 10.0 Å². The van der Waals surface area contributed by atoms with E-state index in [9.17, 15) is 13.2 Å². The number of rotatable bonds is 6. The quantitative estimate of drug-likeness (QED) is 0.536. The molecule has 6 nitrogen and oxygen atoms in total. The maximum atomic E-state index is 12.9. The van der Waals surface area contributed by atoms with Crippen LogP contribution in [0.3, 0.4) is 0 Å². The van der Waals surface area contributed by atoms with Crippen LogP contribution in [-0.4, -0.2) is 21.4 Å². The number of benzene rings is 3. The number of nitrogens with one attached hydrogen (secondary N) is 2. The van der Waals surface area contributed by atoms with Crippen LogP contribution in [0.4, 0.5) is 11.4 Å². The van der Waals surface area contributed by atoms with Crippen molar-refractivity contribution < 1.29 is 17.9 Å². The average Bonchev–Trinajstić information content (AvgIpc) is 2.69. The van der Waals surface area contributed by atoms with Gasteiger partial charge in [0.05, 0.1) is 7.11 Å². The van der Waals surface area contributed by atoms with E-state index in [1.165, 1.54) is 19.2 Å². The van der Waals surface area contributed by atoms with Crippen LogP contribution in [-0.2, 0) is 10.0 Å². The highest BCUT2D eigenvalue weighted by molar-refractivity contribution is 9.10. The molecule has 3 rings (SSSR count). The van der Waals surface area contributed by atoms with E-state index in [0.29, 0.717) is 16.9 Å². The second-order valence-corrected chi connectivity index (χ2v) is 8.87. The van der Waals surface area contributed by atoms with Crippen molar-refractivity contribution >= 4 is 43.2 Å². The summed E-state index contributed by atoms with van der Waals surface area (Å²) in [5, 5.41) is 2.73. The van der Waals surface area contributed by atoms with Crippen LogP contribution >= 0.6 is 15.9 Å². The van der Waals surface area contributed by atoms with Crippen molar-refractivity contribution in [1.82, 2.24) is 0 Å². The number of hydrogen-bond acceptors (Lipinski definition) is 4. The third kappa shape index (κ3) is 5.16. The fourth-order valence-electron chi connectivity index (χ4n) is 2.68. The second-order valence-electron chi connectivity index (χ2n) is 6.30. The predicted octanol–water partition coefficient (Wildman–Crippen LogP) is 4.82. The molecule has 0 aromatic heterocycles. The van der Waals surface area contributed by atoms with Gasteiger partial charge >= 0.3 is 0 Å². The SMILES string of the molecule is COc1ccc(NC(=O)c2cccc(C)c2)cc1S(=O)(=O)Nc1ccc(Br)cc1. The number of methoxy groups -OCH3 is 1. The van der Waals surface area contributed by atoms with Gasteiger partial charge in [0.1, 0.15) is 10.6 Å². The lowest BCUT2D eigenvalue weighted by atomic mass is 10.1. The first-order valence-corrected chi connectivity index (χ1v) is 10.9. The topological polar surface area (TPSA) is 84.5 Å². The van der Waals surface area contributed by atoms with Gasteiger partial charge < -0.3 is 10.1 Å². The first-order chi connectivity index (χ1) is 13.8. The molecule has 3 aromatic rings. The fraction of sp³-hybridized carbons (Fsp3) is 0.0952. The minimum atomic E-state index is -3.94. The lowest BCUT2D eigenvalue weighted by molar-refractivity contribution is 0.102. The van der Waals surface area contributed by atoms with E-state index >= 15 is 0 Å². The van der Waals surface area contributed by atoms with Gasteiger partial charge in [0, 0.05) is 21.4 Å². The monoisotopic (exact) mass is 474 g/mol. The highest BCUT2D eigenvalue weighted by Crippen LogP contribution is 2.29. The zero-order chi connectivity index (χ0) is 21.0. The molecule has 1 amide bonds. The third-order valence-electron chi connectivity index (χ3n) is 4.09. The minimum Gasteiger partial charge on any atom is -0.495 e. The average molecular weight is 475 g/mol. The molecule has 0 bridgehead atoms. The van der Waals surface area contributed by atoms with Crippen LogP contribution in [0.25, 0.3) is 0 Å². The van der Waals surface area contributed by atoms with Crippen LogP contribution in [0.5, 0.6) is 5.75 Å². The molecule has 3 aromatic carbocycles. The van der Waals surface area contributed by atoms with Crippen LogP contribution in [0.15, 0.2) is 76.1 Å². The number of carbonyl (C=O) groups excluding carboxylic acids is 1. The summed E-state index contributed by atoms with van der Waals surface area (Å²) >= 11 is 3.31. The molecule has 0 unspecified atom stereocenters. The van der Waals surface area contributed by atoms with Crippen molar-refractivity contribution in [2.24, 2.45) is 0 Å². The molecule has 0 aliphatic rings. The Labute approximate surface area is 178 Å². The Morgan fingerprint density at radius 3 is 2.31 bits per heavy atom. The molecule has 2 N–H and O–H groups in total. The molecule has 0 fully saturated rings. The van der Waals surface area contributed by atoms with Gasteiger partial charge in [0.25, 0.3) is 15.9 Å². The molecule has 150 valence electrons. The van der Waals surface area contributed by atoms with Gasteiger partial charge in [0.15, 0.2) is 0 Å². The molecule has 0 atom stereocenters. The molecule has 29 heavy (non-hydrogen) atoms. The molecule has 0 saturated carbocycles. The Morgan fingerprint density at radius 1 is 0.966 bits per heavy atom. The molecular weight excluding hydrogens is 456 g/mol. The van der Waals surface area contributed by atoms with Crippen LogP contribution in [0.2, 0.25) is 0 Å². The number of hydrogen-bond donors (Lipinski definition) is 2. The van der Waals surface area contributed by atoms with E-state index in [2.05, 4.69) is 26.0 Å².